The predicted molar refractivity (Wildman–Crippen MR) is 103 cm³/mol. The molecule has 0 bridgehead atoms. The molecule has 2 rings (SSSR count). The van der Waals surface area contributed by atoms with Crippen LogP contribution < -0.4 is 10.6 Å². The Bertz CT molecular complexity index is 528. The van der Waals surface area contributed by atoms with Crippen LogP contribution in [0.1, 0.15) is 39.2 Å². The minimum atomic E-state index is -0.149. The third-order valence-corrected chi connectivity index (χ3v) is 5.19. The van der Waals surface area contributed by atoms with Crippen molar-refractivity contribution in [1.82, 2.24) is 10.2 Å². The first-order valence-corrected chi connectivity index (χ1v) is 9.53. The van der Waals surface area contributed by atoms with Crippen LogP contribution in [0.2, 0.25) is 0 Å². The van der Waals surface area contributed by atoms with Gasteiger partial charge in [0.25, 0.3) is 0 Å². The Morgan fingerprint density at radius 1 is 1.32 bits per heavy atom. The zero-order valence-corrected chi connectivity index (χ0v) is 15.8. The normalized spacial score (nSPS) is 22.4. The number of carbonyl (C=O) groups excluding carboxylic acids is 1. The lowest BCUT2D eigenvalue weighted by Gasteiger charge is -2.37. The molecule has 0 radical (unpaired) electrons. The lowest BCUT2D eigenvalue weighted by atomic mass is 9.93. The van der Waals surface area contributed by atoms with Gasteiger partial charge in [0.05, 0.1) is 19.1 Å². The SMILES string of the molecule is CCC(CO)NC(=O)Cc1ccc(NC2CCN(CC)CC2C)cc1. The molecule has 1 aliphatic rings. The standard InChI is InChI=1S/C20H33N3O2/c1-4-17(14-24)22-20(25)12-16-6-8-18(9-7-16)21-19-10-11-23(5-2)13-15(19)3/h6-9,15,17,19,21,24H,4-5,10-14H2,1-3H3,(H,22,25). The number of benzene rings is 1. The minimum Gasteiger partial charge on any atom is -0.394 e. The van der Waals surface area contributed by atoms with Crippen LogP contribution in [0.4, 0.5) is 5.69 Å². The van der Waals surface area contributed by atoms with Crippen molar-refractivity contribution in [3.05, 3.63) is 29.8 Å². The Morgan fingerprint density at radius 3 is 2.60 bits per heavy atom. The fourth-order valence-electron chi connectivity index (χ4n) is 3.41. The first-order chi connectivity index (χ1) is 12.0. The van der Waals surface area contributed by atoms with Crippen LogP contribution in [-0.2, 0) is 11.2 Å². The number of anilines is 1. The highest BCUT2D eigenvalue weighted by Crippen LogP contribution is 2.21. The summed E-state index contributed by atoms with van der Waals surface area (Å²) in [6, 6.07) is 8.49. The van der Waals surface area contributed by atoms with Gasteiger partial charge in [0, 0.05) is 24.8 Å². The number of hydrogen-bond acceptors (Lipinski definition) is 4. The Morgan fingerprint density at radius 2 is 2.04 bits per heavy atom. The quantitative estimate of drug-likeness (QED) is 0.675. The average Bonchev–Trinajstić information content (AvgIpc) is 2.62. The van der Waals surface area contributed by atoms with Gasteiger partial charge in [0.2, 0.25) is 5.91 Å². The molecule has 1 amide bonds. The molecular weight excluding hydrogens is 314 g/mol. The molecule has 1 fully saturated rings. The van der Waals surface area contributed by atoms with Crippen LogP contribution in [0.25, 0.3) is 0 Å². The molecular formula is C20H33N3O2. The molecule has 3 N–H and O–H groups in total. The maximum absolute atomic E-state index is 12.0. The van der Waals surface area contributed by atoms with E-state index in [9.17, 15) is 4.79 Å². The van der Waals surface area contributed by atoms with Gasteiger partial charge in [-0.1, -0.05) is 32.9 Å². The molecule has 5 heteroatoms. The number of carbonyl (C=O) groups is 1. The molecule has 3 unspecified atom stereocenters. The number of hydrogen-bond donors (Lipinski definition) is 3. The second-order valence-corrected chi connectivity index (χ2v) is 7.14. The Hall–Kier alpha value is -1.59. The number of aliphatic hydroxyl groups is 1. The van der Waals surface area contributed by atoms with Crippen molar-refractivity contribution >= 4 is 11.6 Å². The molecule has 25 heavy (non-hydrogen) atoms. The van der Waals surface area contributed by atoms with Gasteiger partial charge < -0.3 is 20.6 Å². The molecule has 1 saturated heterocycles. The number of nitrogens with one attached hydrogen (secondary N) is 2. The summed E-state index contributed by atoms with van der Waals surface area (Å²) in [7, 11) is 0. The highest BCUT2D eigenvalue weighted by molar-refractivity contribution is 5.79. The van der Waals surface area contributed by atoms with E-state index in [1.807, 2.05) is 19.1 Å². The first kappa shape index (κ1) is 19.7. The third-order valence-electron chi connectivity index (χ3n) is 5.19. The third kappa shape index (κ3) is 6.01. The van der Waals surface area contributed by atoms with Crippen LogP contribution >= 0.6 is 0 Å². The summed E-state index contributed by atoms with van der Waals surface area (Å²) in [5.74, 6) is 0.589. The Labute approximate surface area is 151 Å². The highest BCUT2D eigenvalue weighted by Gasteiger charge is 2.24. The predicted octanol–water partition coefficient (Wildman–Crippen LogP) is 2.26. The van der Waals surface area contributed by atoms with Gasteiger partial charge >= 0.3 is 0 Å². The molecule has 1 aliphatic heterocycles. The van der Waals surface area contributed by atoms with Gasteiger partial charge in [-0.3, -0.25) is 4.79 Å². The fraction of sp³-hybridized carbons (Fsp3) is 0.650. The molecule has 0 aliphatic carbocycles. The van der Waals surface area contributed by atoms with E-state index in [4.69, 9.17) is 5.11 Å². The minimum absolute atomic E-state index is 0.0138. The van der Waals surface area contributed by atoms with Crippen molar-refractivity contribution in [2.45, 2.75) is 52.1 Å². The largest absolute Gasteiger partial charge is 0.394 e. The summed E-state index contributed by atoms with van der Waals surface area (Å²) in [6.45, 7) is 9.90. The van der Waals surface area contributed by atoms with Crippen molar-refractivity contribution < 1.29 is 9.90 Å². The fourth-order valence-corrected chi connectivity index (χ4v) is 3.41. The van der Waals surface area contributed by atoms with E-state index in [-0.39, 0.29) is 18.6 Å². The zero-order valence-electron chi connectivity index (χ0n) is 15.8. The van der Waals surface area contributed by atoms with Crippen molar-refractivity contribution in [3.63, 3.8) is 0 Å². The van der Waals surface area contributed by atoms with Gasteiger partial charge in [-0.2, -0.15) is 0 Å². The number of likely N-dealkylation sites (tertiary alicyclic amines) is 1. The van der Waals surface area contributed by atoms with E-state index in [0.29, 0.717) is 18.4 Å². The second-order valence-electron chi connectivity index (χ2n) is 7.14. The Balaban J connectivity index is 1.84. The van der Waals surface area contributed by atoms with E-state index >= 15 is 0 Å². The van der Waals surface area contributed by atoms with Crippen molar-refractivity contribution in [1.29, 1.82) is 0 Å². The lowest BCUT2D eigenvalue weighted by Crippen LogP contribution is -2.45. The van der Waals surface area contributed by atoms with Crippen LogP contribution in [0.5, 0.6) is 0 Å². The second kappa shape index (κ2) is 9.78. The van der Waals surface area contributed by atoms with Gasteiger partial charge in [-0.15, -0.1) is 0 Å². The van der Waals surface area contributed by atoms with E-state index < -0.39 is 0 Å². The van der Waals surface area contributed by atoms with Crippen LogP contribution in [0.15, 0.2) is 24.3 Å². The summed E-state index contributed by atoms with van der Waals surface area (Å²) >= 11 is 0. The summed E-state index contributed by atoms with van der Waals surface area (Å²) in [5.41, 5.74) is 2.11. The number of amides is 1. The highest BCUT2D eigenvalue weighted by atomic mass is 16.3. The molecule has 0 aromatic heterocycles. The van der Waals surface area contributed by atoms with Crippen molar-refractivity contribution in [3.8, 4) is 0 Å². The topological polar surface area (TPSA) is 64.6 Å². The molecule has 140 valence electrons. The zero-order chi connectivity index (χ0) is 18.2. The lowest BCUT2D eigenvalue weighted by molar-refractivity contribution is -0.121. The molecule has 0 saturated carbocycles. The average molecular weight is 348 g/mol. The summed E-state index contributed by atoms with van der Waals surface area (Å²) in [5, 5.41) is 15.7. The van der Waals surface area contributed by atoms with E-state index in [2.05, 4.69) is 41.5 Å². The van der Waals surface area contributed by atoms with Crippen LogP contribution in [0, 0.1) is 5.92 Å². The summed E-state index contributed by atoms with van der Waals surface area (Å²) in [4.78, 5) is 14.5. The molecule has 0 spiro atoms. The summed E-state index contributed by atoms with van der Waals surface area (Å²) in [6.07, 6.45) is 2.25. The monoisotopic (exact) mass is 347 g/mol. The smallest absolute Gasteiger partial charge is 0.224 e. The van der Waals surface area contributed by atoms with Crippen molar-refractivity contribution in [2.75, 3.05) is 31.6 Å². The maximum Gasteiger partial charge on any atom is 0.224 e. The molecule has 3 atom stereocenters. The van der Waals surface area contributed by atoms with Crippen LogP contribution in [-0.4, -0.2) is 54.2 Å². The maximum atomic E-state index is 12.0. The van der Waals surface area contributed by atoms with E-state index in [0.717, 1.165) is 37.3 Å². The van der Waals surface area contributed by atoms with Gasteiger partial charge in [-0.25, -0.2) is 0 Å². The molecule has 5 nitrogen and oxygen atoms in total. The van der Waals surface area contributed by atoms with E-state index in [1.165, 1.54) is 6.42 Å². The first-order valence-electron chi connectivity index (χ1n) is 9.53. The number of rotatable bonds is 8. The van der Waals surface area contributed by atoms with Gasteiger partial charge in [0.15, 0.2) is 0 Å². The summed E-state index contributed by atoms with van der Waals surface area (Å²) < 4.78 is 0. The van der Waals surface area contributed by atoms with Gasteiger partial charge in [0.1, 0.15) is 0 Å². The number of aliphatic hydroxyl groups excluding tert-OH is 1. The van der Waals surface area contributed by atoms with Crippen molar-refractivity contribution in [2.24, 2.45) is 5.92 Å². The van der Waals surface area contributed by atoms with Crippen LogP contribution in [0.3, 0.4) is 0 Å². The van der Waals surface area contributed by atoms with E-state index in [1.54, 1.807) is 0 Å². The molecule has 1 heterocycles. The Kier molecular flexibility index (Phi) is 7.72. The molecule has 1 aromatic rings. The van der Waals surface area contributed by atoms with Gasteiger partial charge in [-0.05, 0) is 43.0 Å². The molecule has 1 aromatic carbocycles. The number of piperidine rings is 1. The number of nitrogens with zero attached hydrogens (tertiary/aromatic N) is 1.